The van der Waals surface area contributed by atoms with Crippen molar-refractivity contribution in [3.63, 3.8) is 0 Å². The van der Waals surface area contributed by atoms with Crippen LogP contribution in [-0.4, -0.2) is 15.7 Å². The zero-order chi connectivity index (χ0) is 9.42. The van der Waals surface area contributed by atoms with Gasteiger partial charge in [-0.25, -0.2) is 9.97 Å². The minimum Gasteiger partial charge on any atom is -0.282 e. The van der Waals surface area contributed by atoms with Crippen molar-refractivity contribution in [3.8, 4) is 0 Å². The molecule has 0 radical (unpaired) electrons. The van der Waals surface area contributed by atoms with E-state index in [9.17, 15) is 0 Å². The Bertz CT molecular complexity index is 371. The highest BCUT2D eigenvalue weighted by Crippen LogP contribution is 2.25. The van der Waals surface area contributed by atoms with Crippen molar-refractivity contribution < 1.29 is 0 Å². The maximum absolute atomic E-state index is 5.92. The van der Waals surface area contributed by atoms with Crippen LogP contribution in [0.1, 0.15) is 25.1 Å². The van der Waals surface area contributed by atoms with Crippen LogP contribution in [0.3, 0.4) is 0 Å². The van der Waals surface area contributed by atoms with Crippen molar-refractivity contribution in [2.24, 2.45) is 10.9 Å². The first kappa shape index (κ1) is 8.63. The summed E-state index contributed by atoms with van der Waals surface area (Å²) in [5.74, 6) is 0.396. The van der Waals surface area contributed by atoms with E-state index in [2.05, 4.69) is 28.8 Å². The highest BCUT2D eigenvalue weighted by atomic mass is 35.5. The lowest BCUT2D eigenvalue weighted by Gasteiger charge is -2.05. The zero-order valence-electron chi connectivity index (χ0n) is 7.58. The summed E-state index contributed by atoms with van der Waals surface area (Å²) in [4.78, 5) is 12.5. The van der Waals surface area contributed by atoms with Gasteiger partial charge in [0.1, 0.15) is 11.5 Å². The predicted molar refractivity (Wildman–Crippen MR) is 52.1 cm³/mol. The normalized spacial score (nSPS) is 14.6. The summed E-state index contributed by atoms with van der Waals surface area (Å²) in [6, 6.07) is 0. The van der Waals surface area contributed by atoms with Crippen molar-refractivity contribution in [1.82, 2.24) is 9.97 Å². The van der Waals surface area contributed by atoms with E-state index in [-0.39, 0.29) is 0 Å². The second-order valence-electron chi connectivity index (χ2n) is 3.35. The molecule has 0 amide bonds. The van der Waals surface area contributed by atoms with E-state index >= 15 is 0 Å². The molecule has 1 aromatic heterocycles. The van der Waals surface area contributed by atoms with Gasteiger partial charge in [0, 0.05) is 5.56 Å². The number of rotatable bonds is 1. The molecule has 0 fully saturated rings. The van der Waals surface area contributed by atoms with Crippen LogP contribution in [-0.2, 0) is 6.54 Å². The Morgan fingerprint density at radius 1 is 1.38 bits per heavy atom. The number of hydrogen-bond acceptors (Lipinski definition) is 3. The fourth-order valence-electron chi connectivity index (χ4n) is 1.45. The van der Waals surface area contributed by atoms with Gasteiger partial charge in [-0.15, -0.1) is 0 Å². The lowest BCUT2D eigenvalue weighted by Crippen LogP contribution is -2.09. The van der Waals surface area contributed by atoms with Crippen LogP contribution in [0.25, 0.3) is 0 Å². The van der Waals surface area contributed by atoms with E-state index in [4.69, 9.17) is 11.6 Å². The molecule has 3 nitrogen and oxygen atoms in total. The van der Waals surface area contributed by atoms with Gasteiger partial charge in [0.2, 0.25) is 0 Å². The minimum atomic E-state index is 0.396. The molecule has 1 aliphatic heterocycles. The molecule has 0 saturated heterocycles. The first-order valence-corrected chi connectivity index (χ1v) is 4.62. The van der Waals surface area contributed by atoms with Crippen molar-refractivity contribution in [3.05, 3.63) is 22.7 Å². The molecule has 1 aromatic rings. The van der Waals surface area contributed by atoms with Gasteiger partial charge < -0.3 is 0 Å². The Kier molecular flexibility index (Phi) is 2.04. The van der Waals surface area contributed by atoms with Crippen LogP contribution in [0.5, 0.6) is 0 Å². The average molecular weight is 196 g/mol. The summed E-state index contributed by atoms with van der Waals surface area (Å²) in [7, 11) is 0. The standard InChI is InChI=1S/C9H10ClN3/c1-5(2)7-8-6(3-11-7)9(10)13-4-12-8/h4-5H,3H2,1-2H3. The molecule has 0 saturated carbocycles. The molecule has 0 atom stereocenters. The fourth-order valence-corrected chi connectivity index (χ4v) is 1.64. The molecule has 0 N–H and O–H groups in total. The van der Waals surface area contributed by atoms with Crippen LogP contribution in [0.2, 0.25) is 5.15 Å². The van der Waals surface area contributed by atoms with Gasteiger partial charge in [0.05, 0.1) is 18.0 Å². The number of hydrogen-bond donors (Lipinski definition) is 0. The second-order valence-corrected chi connectivity index (χ2v) is 3.71. The highest BCUT2D eigenvalue weighted by Gasteiger charge is 2.22. The van der Waals surface area contributed by atoms with Crippen LogP contribution in [0.15, 0.2) is 11.3 Å². The third-order valence-electron chi connectivity index (χ3n) is 2.09. The van der Waals surface area contributed by atoms with Crippen LogP contribution in [0.4, 0.5) is 0 Å². The molecule has 0 unspecified atom stereocenters. The second kappa shape index (κ2) is 3.07. The van der Waals surface area contributed by atoms with E-state index in [1.165, 1.54) is 6.33 Å². The summed E-state index contributed by atoms with van der Waals surface area (Å²) in [5, 5.41) is 0.532. The van der Waals surface area contributed by atoms with Crippen molar-refractivity contribution >= 4 is 17.3 Å². The van der Waals surface area contributed by atoms with Crippen LogP contribution >= 0.6 is 11.6 Å². The highest BCUT2D eigenvalue weighted by molar-refractivity contribution is 6.30. The summed E-state index contributed by atoms with van der Waals surface area (Å²) in [6.45, 7) is 4.83. The molecule has 2 rings (SSSR count). The average Bonchev–Trinajstić information content (AvgIpc) is 2.48. The molecule has 2 heterocycles. The SMILES string of the molecule is CC(C)C1=NCc2c(Cl)ncnc21. The van der Waals surface area contributed by atoms with Crippen LogP contribution < -0.4 is 0 Å². The molecule has 1 aliphatic rings. The molecule has 0 aliphatic carbocycles. The quantitative estimate of drug-likeness (QED) is 0.644. The summed E-state index contributed by atoms with van der Waals surface area (Å²) in [6.07, 6.45) is 1.49. The topological polar surface area (TPSA) is 38.1 Å². The van der Waals surface area contributed by atoms with Gasteiger partial charge in [-0.3, -0.25) is 4.99 Å². The van der Waals surface area contributed by atoms with Gasteiger partial charge in [-0.1, -0.05) is 25.4 Å². The Labute approximate surface area is 81.9 Å². The summed E-state index contributed by atoms with van der Waals surface area (Å²) >= 11 is 5.92. The van der Waals surface area contributed by atoms with E-state index in [1.54, 1.807) is 0 Å². The molecule has 0 spiro atoms. The lowest BCUT2D eigenvalue weighted by atomic mass is 10.0. The van der Waals surface area contributed by atoms with Crippen molar-refractivity contribution in [2.45, 2.75) is 20.4 Å². The number of halogens is 1. The summed E-state index contributed by atoms with van der Waals surface area (Å²) in [5.41, 5.74) is 2.93. The smallest absolute Gasteiger partial charge is 0.138 e. The largest absolute Gasteiger partial charge is 0.282 e. The van der Waals surface area contributed by atoms with E-state index in [0.717, 1.165) is 17.0 Å². The van der Waals surface area contributed by atoms with Gasteiger partial charge in [0.25, 0.3) is 0 Å². The third-order valence-corrected chi connectivity index (χ3v) is 2.42. The first-order chi connectivity index (χ1) is 6.20. The number of fused-ring (bicyclic) bond motifs is 1. The molecule has 13 heavy (non-hydrogen) atoms. The molecular formula is C9H10ClN3. The van der Waals surface area contributed by atoms with Crippen molar-refractivity contribution in [1.29, 1.82) is 0 Å². The van der Waals surface area contributed by atoms with E-state index < -0.39 is 0 Å². The number of nitrogens with zero attached hydrogens (tertiary/aromatic N) is 3. The van der Waals surface area contributed by atoms with E-state index in [0.29, 0.717) is 17.6 Å². The van der Waals surface area contributed by atoms with Gasteiger partial charge in [0.15, 0.2) is 0 Å². The van der Waals surface area contributed by atoms with Crippen LogP contribution in [0, 0.1) is 5.92 Å². The van der Waals surface area contributed by atoms with Crippen molar-refractivity contribution in [2.75, 3.05) is 0 Å². The molecule has 0 bridgehead atoms. The monoisotopic (exact) mass is 195 g/mol. The Hall–Kier alpha value is -0.960. The molecule has 4 heteroatoms. The first-order valence-electron chi connectivity index (χ1n) is 4.24. The zero-order valence-corrected chi connectivity index (χ0v) is 8.34. The lowest BCUT2D eigenvalue weighted by molar-refractivity contribution is 0.878. The maximum atomic E-state index is 5.92. The Morgan fingerprint density at radius 3 is 2.85 bits per heavy atom. The third kappa shape index (κ3) is 1.33. The number of aliphatic imine (C=N–C) groups is 1. The Balaban J connectivity index is 2.50. The van der Waals surface area contributed by atoms with E-state index in [1.807, 2.05) is 0 Å². The predicted octanol–water partition coefficient (Wildman–Crippen LogP) is 2.09. The van der Waals surface area contributed by atoms with Gasteiger partial charge >= 0.3 is 0 Å². The summed E-state index contributed by atoms with van der Waals surface area (Å²) < 4.78 is 0. The van der Waals surface area contributed by atoms with Gasteiger partial charge in [-0.05, 0) is 5.92 Å². The molecule has 0 aromatic carbocycles. The number of aromatic nitrogens is 2. The molecule has 68 valence electrons. The minimum absolute atomic E-state index is 0.396. The molecular weight excluding hydrogens is 186 g/mol. The fraction of sp³-hybridized carbons (Fsp3) is 0.444. The maximum Gasteiger partial charge on any atom is 0.138 e. The van der Waals surface area contributed by atoms with Gasteiger partial charge in [-0.2, -0.15) is 0 Å². The Morgan fingerprint density at radius 2 is 2.15 bits per heavy atom.